The van der Waals surface area contributed by atoms with Gasteiger partial charge in [0.2, 0.25) is 0 Å². The Morgan fingerprint density at radius 3 is 2.10 bits per heavy atom. The average Bonchev–Trinajstić information content (AvgIpc) is 2.67. The van der Waals surface area contributed by atoms with Gasteiger partial charge in [0.1, 0.15) is 11.5 Å². The van der Waals surface area contributed by atoms with E-state index in [4.69, 9.17) is 9.47 Å². The first-order valence-corrected chi connectivity index (χ1v) is 11.5. The standard InChI is InChI=1S/C25H35O3P.Li.H/c1-9-17(5)27-21-11-12-23(22(14-21)28-18(6)10-2)29-25(26)24-16(4)13-15(3)19(7)20(24)8;;/h11-14,17-18,29H,9-10H2,1-8H3;;. The average molecular weight is 422 g/mol. The van der Waals surface area contributed by atoms with Crippen molar-refractivity contribution in [1.29, 1.82) is 0 Å². The van der Waals surface area contributed by atoms with E-state index in [-0.39, 0.29) is 45.2 Å². The molecule has 0 aliphatic heterocycles. The van der Waals surface area contributed by atoms with Gasteiger partial charge in [0.05, 0.1) is 12.2 Å². The van der Waals surface area contributed by atoms with E-state index in [1.807, 2.05) is 32.0 Å². The topological polar surface area (TPSA) is 35.5 Å². The Bertz CT molecular complexity index is 879. The van der Waals surface area contributed by atoms with Crippen LogP contribution in [0.1, 0.15) is 73.1 Å². The molecule has 0 fully saturated rings. The summed E-state index contributed by atoms with van der Waals surface area (Å²) in [6.07, 6.45) is 2.07. The molecule has 0 saturated heterocycles. The summed E-state index contributed by atoms with van der Waals surface area (Å²) in [5.74, 6) is 1.54. The third kappa shape index (κ3) is 6.62. The van der Waals surface area contributed by atoms with E-state index in [2.05, 4.69) is 47.6 Å². The number of ether oxygens (including phenoxy) is 2. The molecule has 0 spiro atoms. The van der Waals surface area contributed by atoms with Gasteiger partial charge in [-0.05, 0) is 97.4 Å². The third-order valence-electron chi connectivity index (χ3n) is 5.60. The molecule has 3 atom stereocenters. The second kappa shape index (κ2) is 11.9. The van der Waals surface area contributed by atoms with Crippen LogP contribution < -0.4 is 14.8 Å². The fourth-order valence-electron chi connectivity index (χ4n) is 3.21. The first-order valence-electron chi connectivity index (χ1n) is 10.5. The van der Waals surface area contributed by atoms with Gasteiger partial charge in [-0.2, -0.15) is 0 Å². The number of benzene rings is 2. The minimum absolute atomic E-state index is 0. The van der Waals surface area contributed by atoms with Gasteiger partial charge in [0.25, 0.3) is 0 Å². The molecular formula is C25H36LiO3P. The maximum absolute atomic E-state index is 13.3. The predicted molar refractivity (Wildman–Crippen MR) is 132 cm³/mol. The molecule has 5 heteroatoms. The van der Waals surface area contributed by atoms with Crippen LogP contribution in [0, 0.1) is 27.7 Å². The van der Waals surface area contributed by atoms with E-state index < -0.39 is 0 Å². The monoisotopic (exact) mass is 422 g/mol. The van der Waals surface area contributed by atoms with Gasteiger partial charge < -0.3 is 9.47 Å². The third-order valence-corrected chi connectivity index (χ3v) is 6.76. The number of aryl methyl sites for hydroxylation is 2. The van der Waals surface area contributed by atoms with Crippen LogP contribution in [-0.2, 0) is 0 Å². The van der Waals surface area contributed by atoms with Gasteiger partial charge in [0.15, 0.2) is 5.52 Å². The summed E-state index contributed by atoms with van der Waals surface area (Å²) in [7, 11) is 0.0145. The van der Waals surface area contributed by atoms with Crippen molar-refractivity contribution in [3.05, 3.63) is 52.1 Å². The predicted octanol–water partition coefficient (Wildman–Crippen LogP) is 5.77. The summed E-state index contributed by atoms with van der Waals surface area (Å²) in [5, 5.41) is 0.934. The van der Waals surface area contributed by atoms with Gasteiger partial charge in [0, 0.05) is 16.9 Å². The summed E-state index contributed by atoms with van der Waals surface area (Å²) >= 11 is 0. The van der Waals surface area contributed by atoms with Gasteiger partial charge in [-0.25, -0.2) is 0 Å². The summed E-state index contributed by atoms with van der Waals surface area (Å²) < 4.78 is 12.1. The van der Waals surface area contributed by atoms with Crippen LogP contribution in [-0.4, -0.2) is 36.6 Å². The Morgan fingerprint density at radius 2 is 1.50 bits per heavy atom. The van der Waals surface area contributed by atoms with E-state index >= 15 is 0 Å². The minimum atomic E-state index is 0. The van der Waals surface area contributed by atoms with Crippen molar-refractivity contribution in [3.8, 4) is 11.5 Å². The van der Waals surface area contributed by atoms with Crippen LogP contribution in [0.5, 0.6) is 11.5 Å². The molecule has 2 aromatic carbocycles. The molecule has 3 unspecified atom stereocenters. The molecule has 0 aromatic heterocycles. The van der Waals surface area contributed by atoms with Crippen LogP contribution in [0.4, 0.5) is 0 Å². The second-order valence-electron chi connectivity index (χ2n) is 7.92. The van der Waals surface area contributed by atoms with Crippen LogP contribution in [0.2, 0.25) is 0 Å². The molecule has 160 valence electrons. The Balaban J connectivity index is 0.00000450. The van der Waals surface area contributed by atoms with Crippen molar-refractivity contribution in [2.24, 2.45) is 0 Å². The van der Waals surface area contributed by atoms with Crippen molar-refractivity contribution in [2.75, 3.05) is 0 Å². The number of rotatable bonds is 9. The SMILES string of the molecule is CCC(C)Oc1ccc(PC(=O)c2c(C)cc(C)c(C)c2C)c(OC(C)CC)c1.[LiH]. The molecule has 2 rings (SSSR count). The zero-order valence-corrected chi connectivity index (χ0v) is 20.1. The van der Waals surface area contributed by atoms with Crippen molar-refractivity contribution < 1.29 is 14.3 Å². The molecule has 2 aromatic rings. The van der Waals surface area contributed by atoms with Crippen molar-refractivity contribution >= 4 is 38.3 Å². The molecule has 0 bridgehead atoms. The Kier molecular flexibility index (Phi) is 10.7. The molecule has 0 aliphatic carbocycles. The maximum atomic E-state index is 13.3. The first kappa shape index (κ1) is 26.8. The fraction of sp³-hybridized carbons (Fsp3) is 0.480. The Labute approximate surface area is 196 Å². The molecule has 0 aliphatic rings. The van der Waals surface area contributed by atoms with Crippen LogP contribution in [0.15, 0.2) is 24.3 Å². The van der Waals surface area contributed by atoms with Crippen molar-refractivity contribution in [3.63, 3.8) is 0 Å². The summed E-state index contributed by atoms with van der Waals surface area (Å²) in [4.78, 5) is 13.3. The Hall–Kier alpha value is -1.26. The van der Waals surface area contributed by atoms with Crippen molar-refractivity contribution in [1.82, 2.24) is 0 Å². The van der Waals surface area contributed by atoms with E-state index in [0.717, 1.165) is 46.3 Å². The first-order chi connectivity index (χ1) is 13.7. The molecule has 0 amide bonds. The second-order valence-corrected chi connectivity index (χ2v) is 9.16. The quantitative estimate of drug-likeness (QED) is 0.380. The molecule has 3 nitrogen and oxygen atoms in total. The molecule has 30 heavy (non-hydrogen) atoms. The van der Waals surface area contributed by atoms with Crippen LogP contribution in [0.3, 0.4) is 0 Å². The zero-order chi connectivity index (χ0) is 21.7. The zero-order valence-electron chi connectivity index (χ0n) is 19.1. The van der Waals surface area contributed by atoms with E-state index in [0.29, 0.717) is 0 Å². The van der Waals surface area contributed by atoms with E-state index in [1.54, 1.807) is 0 Å². The van der Waals surface area contributed by atoms with Gasteiger partial charge in [-0.3, -0.25) is 4.79 Å². The molecule has 0 heterocycles. The Morgan fingerprint density at radius 1 is 0.900 bits per heavy atom. The molecule has 0 radical (unpaired) electrons. The molecule has 0 saturated carbocycles. The van der Waals surface area contributed by atoms with Gasteiger partial charge in [-0.15, -0.1) is 0 Å². The number of carbonyl (C=O) groups excluding carboxylic acids is 1. The number of hydrogen-bond acceptors (Lipinski definition) is 3. The van der Waals surface area contributed by atoms with Gasteiger partial charge >= 0.3 is 18.9 Å². The molecular weight excluding hydrogens is 386 g/mol. The van der Waals surface area contributed by atoms with Crippen molar-refractivity contribution in [2.45, 2.75) is 80.4 Å². The normalized spacial score (nSPS) is 13.1. The summed E-state index contributed by atoms with van der Waals surface area (Å²) in [6, 6.07) is 7.98. The van der Waals surface area contributed by atoms with Crippen LogP contribution in [0.25, 0.3) is 0 Å². The van der Waals surface area contributed by atoms with Crippen LogP contribution >= 0.6 is 8.58 Å². The summed E-state index contributed by atoms with van der Waals surface area (Å²) in [6.45, 7) is 16.6. The number of hydrogen-bond donors (Lipinski definition) is 0. The van der Waals surface area contributed by atoms with E-state index in [1.165, 1.54) is 11.1 Å². The molecule has 0 N–H and O–H groups in total. The summed E-state index contributed by atoms with van der Waals surface area (Å²) in [5.41, 5.74) is 5.56. The van der Waals surface area contributed by atoms with Gasteiger partial charge in [-0.1, -0.05) is 19.9 Å². The number of carbonyl (C=O) groups is 1. The fourth-order valence-corrected chi connectivity index (χ4v) is 4.39. The van der Waals surface area contributed by atoms with E-state index in [9.17, 15) is 4.79 Å².